The summed E-state index contributed by atoms with van der Waals surface area (Å²) in [5.41, 5.74) is 3.58. The third-order valence-corrected chi connectivity index (χ3v) is 6.15. The quantitative estimate of drug-likeness (QED) is 0.793. The minimum atomic E-state index is -1.55. The van der Waals surface area contributed by atoms with Crippen molar-refractivity contribution in [1.29, 1.82) is 5.26 Å². The lowest BCUT2D eigenvalue weighted by Crippen LogP contribution is -2.25. The van der Waals surface area contributed by atoms with E-state index >= 15 is 0 Å². The molecule has 1 N–H and O–H groups in total. The number of pyridine rings is 1. The Hall–Kier alpha value is -2.23. The molecule has 1 aromatic heterocycles. The highest BCUT2D eigenvalue weighted by atomic mass is 32.2. The maximum absolute atomic E-state index is 12.7. The Morgan fingerprint density at radius 2 is 2.04 bits per heavy atom. The third-order valence-electron chi connectivity index (χ3n) is 4.72. The number of aliphatic hydroxyl groups excluding tert-OH is 1. The lowest BCUT2D eigenvalue weighted by molar-refractivity contribution is 0.125. The first kappa shape index (κ1) is 19.5. The number of aliphatic hydroxyl groups is 1. The number of rotatable bonds is 7. The van der Waals surface area contributed by atoms with Crippen LogP contribution in [0.4, 0.5) is 0 Å². The van der Waals surface area contributed by atoms with Gasteiger partial charge in [-0.15, -0.1) is 0 Å². The second kappa shape index (κ2) is 9.12. The summed E-state index contributed by atoms with van der Waals surface area (Å²) in [5, 5.41) is 19.9. The van der Waals surface area contributed by atoms with Gasteiger partial charge in [0.25, 0.3) is 0 Å². The van der Waals surface area contributed by atoms with E-state index in [-0.39, 0.29) is 17.4 Å². The van der Waals surface area contributed by atoms with Crippen molar-refractivity contribution in [2.45, 2.75) is 50.2 Å². The first-order valence-corrected chi connectivity index (χ1v) is 10.6. The summed E-state index contributed by atoms with van der Waals surface area (Å²) < 4.78 is 18.3. The molecule has 1 aromatic carbocycles. The fourth-order valence-electron chi connectivity index (χ4n) is 3.18. The summed E-state index contributed by atoms with van der Waals surface area (Å²) in [6, 6.07) is 11.6. The zero-order valence-electron chi connectivity index (χ0n) is 15.5. The molecule has 0 bridgehead atoms. The SMILES string of the molecule is CCc1ccc(OC[C@@H](O)C[S@](=O)c2nc3c(cc2C#N)CCCC3)cc1. The second-order valence-electron chi connectivity index (χ2n) is 6.74. The van der Waals surface area contributed by atoms with Crippen LogP contribution in [0.2, 0.25) is 0 Å². The van der Waals surface area contributed by atoms with Crippen molar-refractivity contribution in [3.63, 3.8) is 0 Å². The minimum absolute atomic E-state index is 0.00644. The van der Waals surface area contributed by atoms with Crippen molar-refractivity contribution in [2.75, 3.05) is 12.4 Å². The summed E-state index contributed by atoms with van der Waals surface area (Å²) in [7, 11) is -1.55. The average molecular weight is 385 g/mol. The van der Waals surface area contributed by atoms with Gasteiger partial charge in [0.2, 0.25) is 0 Å². The molecule has 2 atom stereocenters. The van der Waals surface area contributed by atoms with E-state index in [0.29, 0.717) is 11.3 Å². The summed E-state index contributed by atoms with van der Waals surface area (Å²) in [5.74, 6) is 0.662. The van der Waals surface area contributed by atoms with Crippen molar-refractivity contribution in [3.05, 3.63) is 52.7 Å². The predicted octanol–water partition coefficient (Wildman–Crippen LogP) is 2.94. The summed E-state index contributed by atoms with van der Waals surface area (Å²) in [4.78, 5) is 4.50. The Labute approximate surface area is 162 Å². The van der Waals surface area contributed by atoms with Gasteiger partial charge in [0, 0.05) is 5.69 Å². The number of aryl methyl sites for hydroxylation is 3. The van der Waals surface area contributed by atoms with Gasteiger partial charge in [0.15, 0.2) is 0 Å². The molecular weight excluding hydrogens is 360 g/mol. The predicted molar refractivity (Wildman–Crippen MR) is 104 cm³/mol. The molecule has 6 heteroatoms. The molecule has 0 spiro atoms. The van der Waals surface area contributed by atoms with Crippen molar-refractivity contribution in [2.24, 2.45) is 0 Å². The van der Waals surface area contributed by atoms with Crippen LogP contribution >= 0.6 is 0 Å². The highest BCUT2D eigenvalue weighted by molar-refractivity contribution is 7.85. The zero-order valence-corrected chi connectivity index (χ0v) is 16.3. The van der Waals surface area contributed by atoms with Gasteiger partial charge >= 0.3 is 0 Å². The van der Waals surface area contributed by atoms with E-state index in [1.165, 1.54) is 5.56 Å². The molecule has 142 valence electrons. The Balaban J connectivity index is 1.63. The maximum Gasteiger partial charge on any atom is 0.145 e. The average Bonchev–Trinajstić information content (AvgIpc) is 2.71. The van der Waals surface area contributed by atoms with E-state index in [2.05, 4.69) is 18.0 Å². The molecule has 0 amide bonds. The van der Waals surface area contributed by atoms with Crippen LogP contribution in [0.25, 0.3) is 0 Å². The van der Waals surface area contributed by atoms with E-state index < -0.39 is 16.9 Å². The zero-order chi connectivity index (χ0) is 19.2. The molecule has 3 rings (SSSR count). The molecule has 0 radical (unpaired) electrons. The minimum Gasteiger partial charge on any atom is -0.491 e. The van der Waals surface area contributed by atoms with Crippen molar-refractivity contribution < 1.29 is 14.1 Å². The van der Waals surface area contributed by atoms with Gasteiger partial charge in [-0.3, -0.25) is 4.21 Å². The molecule has 5 nitrogen and oxygen atoms in total. The van der Waals surface area contributed by atoms with Crippen molar-refractivity contribution in [3.8, 4) is 11.8 Å². The molecule has 1 aliphatic rings. The van der Waals surface area contributed by atoms with Crippen LogP contribution in [0, 0.1) is 11.3 Å². The second-order valence-corrected chi connectivity index (χ2v) is 8.15. The van der Waals surface area contributed by atoms with Gasteiger partial charge in [0.1, 0.15) is 23.5 Å². The normalized spacial score (nSPS) is 15.4. The van der Waals surface area contributed by atoms with Crippen LogP contribution in [0.15, 0.2) is 35.4 Å². The molecular formula is C21H24N2O3S. The fourth-order valence-corrected chi connectivity index (χ4v) is 4.35. The molecule has 2 aromatic rings. The number of fused-ring (bicyclic) bond motifs is 1. The molecule has 0 fully saturated rings. The molecule has 0 saturated carbocycles. The van der Waals surface area contributed by atoms with E-state index in [1.54, 1.807) is 0 Å². The number of nitrogens with zero attached hydrogens (tertiary/aromatic N) is 2. The van der Waals surface area contributed by atoms with Crippen LogP contribution in [0.1, 0.15) is 42.1 Å². The van der Waals surface area contributed by atoms with Crippen LogP contribution in [0.5, 0.6) is 5.75 Å². The van der Waals surface area contributed by atoms with Gasteiger partial charge in [-0.1, -0.05) is 19.1 Å². The van der Waals surface area contributed by atoms with E-state index in [1.807, 2.05) is 30.3 Å². The standard InChI is InChI=1S/C21H24N2O3S/c1-2-15-7-9-19(10-8-15)26-13-18(24)14-27(25)21-17(12-22)11-16-5-3-4-6-20(16)23-21/h7-11,18,24H,2-6,13-14H2,1H3/t18-,27+/m1/s1. The first-order valence-electron chi connectivity index (χ1n) is 9.31. The monoisotopic (exact) mass is 384 g/mol. The first-order chi connectivity index (χ1) is 13.1. The third kappa shape index (κ3) is 4.94. The number of hydrogen-bond acceptors (Lipinski definition) is 5. The maximum atomic E-state index is 12.7. The number of ether oxygens (including phenoxy) is 1. The van der Waals surface area contributed by atoms with E-state index in [0.717, 1.165) is 43.4 Å². The Bertz CT molecular complexity index is 859. The Kier molecular flexibility index (Phi) is 6.59. The summed E-state index contributed by atoms with van der Waals surface area (Å²) in [6.45, 7) is 2.13. The van der Waals surface area contributed by atoms with Gasteiger partial charge < -0.3 is 9.84 Å². The Morgan fingerprint density at radius 1 is 1.30 bits per heavy atom. The van der Waals surface area contributed by atoms with Gasteiger partial charge in [-0.05, 0) is 61.4 Å². The van der Waals surface area contributed by atoms with Crippen molar-refractivity contribution >= 4 is 10.8 Å². The molecule has 0 aliphatic heterocycles. The van der Waals surface area contributed by atoms with Crippen molar-refractivity contribution in [1.82, 2.24) is 4.98 Å². The Morgan fingerprint density at radius 3 is 2.74 bits per heavy atom. The number of aromatic nitrogens is 1. The number of hydrogen-bond donors (Lipinski definition) is 1. The largest absolute Gasteiger partial charge is 0.491 e. The molecule has 27 heavy (non-hydrogen) atoms. The summed E-state index contributed by atoms with van der Waals surface area (Å²) >= 11 is 0. The molecule has 0 saturated heterocycles. The summed E-state index contributed by atoms with van der Waals surface area (Å²) in [6.07, 6.45) is 3.97. The molecule has 1 aliphatic carbocycles. The highest BCUT2D eigenvalue weighted by Gasteiger charge is 2.21. The molecule has 0 unspecified atom stereocenters. The number of nitriles is 1. The lowest BCUT2D eigenvalue weighted by Gasteiger charge is -2.17. The van der Waals surface area contributed by atoms with Crippen LogP contribution < -0.4 is 4.74 Å². The topological polar surface area (TPSA) is 83.2 Å². The highest BCUT2D eigenvalue weighted by Crippen LogP contribution is 2.24. The van der Waals surface area contributed by atoms with Gasteiger partial charge in [-0.2, -0.15) is 5.26 Å². The fraction of sp³-hybridized carbons (Fsp3) is 0.429. The van der Waals surface area contributed by atoms with Gasteiger partial charge in [0.05, 0.1) is 28.2 Å². The lowest BCUT2D eigenvalue weighted by atomic mass is 9.95. The van der Waals surface area contributed by atoms with E-state index in [9.17, 15) is 14.6 Å². The van der Waals surface area contributed by atoms with Gasteiger partial charge in [-0.25, -0.2) is 4.98 Å². The van der Waals surface area contributed by atoms with Crippen LogP contribution in [0.3, 0.4) is 0 Å². The van der Waals surface area contributed by atoms with Crippen LogP contribution in [-0.2, 0) is 30.1 Å². The van der Waals surface area contributed by atoms with Crippen LogP contribution in [-0.4, -0.2) is 32.8 Å². The van der Waals surface area contributed by atoms with E-state index in [4.69, 9.17) is 4.74 Å². The smallest absolute Gasteiger partial charge is 0.145 e. The number of benzene rings is 1. The molecule has 1 heterocycles.